The SMILES string of the molecule is O=C(NCC1CCCN(Cc2cccs2)C1)N1CCN(c2ccncc2)CC1. The maximum absolute atomic E-state index is 12.6. The lowest BCUT2D eigenvalue weighted by atomic mass is 9.98. The molecule has 150 valence electrons. The van der Waals surface area contributed by atoms with E-state index >= 15 is 0 Å². The summed E-state index contributed by atoms with van der Waals surface area (Å²) in [5, 5.41) is 5.33. The van der Waals surface area contributed by atoms with E-state index in [9.17, 15) is 4.79 Å². The molecule has 0 aliphatic carbocycles. The predicted molar refractivity (Wildman–Crippen MR) is 114 cm³/mol. The smallest absolute Gasteiger partial charge is 0.317 e. The molecule has 0 spiro atoms. The van der Waals surface area contributed by atoms with Crippen molar-refractivity contribution in [3.05, 3.63) is 46.9 Å². The molecule has 4 rings (SSSR count). The summed E-state index contributed by atoms with van der Waals surface area (Å²) in [5.41, 5.74) is 1.18. The molecule has 1 N–H and O–H groups in total. The van der Waals surface area contributed by atoms with Crippen molar-refractivity contribution >= 4 is 23.1 Å². The number of piperazine rings is 1. The molecular weight excluding hydrogens is 370 g/mol. The Balaban J connectivity index is 1.19. The summed E-state index contributed by atoms with van der Waals surface area (Å²) in [6, 6.07) is 8.48. The first-order valence-corrected chi connectivity index (χ1v) is 11.1. The van der Waals surface area contributed by atoms with Gasteiger partial charge in [-0.15, -0.1) is 11.3 Å². The lowest BCUT2D eigenvalue weighted by Crippen LogP contribution is -2.53. The molecule has 1 unspecified atom stereocenters. The van der Waals surface area contributed by atoms with Gasteiger partial charge in [0.2, 0.25) is 0 Å². The van der Waals surface area contributed by atoms with Crippen LogP contribution in [0.4, 0.5) is 10.5 Å². The van der Waals surface area contributed by atoms with Crippen molar-refractivity contribution in [1.82, 2.24) is 20.1 Å². The van der Waals surface area contributed by atoms with Crippen LogP contribution in [0.5, 0.6) is 0 Å². The van der Waals surface area contributed by atoms with Crippen LogP contribution in [0.1, 0.15) is 17.7 Å². The molecule has 4 heterocycles. The Labute approximate surface area is 171 Å². The third-order valence-electron chi connectivity index (χ3n) is 5.70. The maximum Gasteiger partial charge on any atom is 0.317 e. The highest BCUT2D eigenvalue weighted by Gasteiger charge is 2.24. The minimum absolute atomic E-state index is 0.0877. The summed E-state index contributed by atoms with van der Waals surface area (Å²) in [7, 11) is 0. The van der Waals surface area contributed by atoms with E-state index < -0.39 is 0 Å². The number of thiophene rings is 1. The summed E-state index contributed by atoms with van der Waals surface area (Å²) in [6.45, 7) is 7.34. The second kappa shape index (κ2) is 9.39. The molecule has 0 saturated carbocycles. The number of piperidine rings is 1. The Morgan fingerprint density at radius 2 is 1.96 bits per heavy atom. The molecule has 2 aromatic heterocycles. The van der Waals surface area contributed by atoms with Crippen molar-refractivity contribution in [1.29, 1.82) is 0 Å². The number of aromatic nitrogens is 1. The van der Waals surface area contributed by atoms with E-state index in [1.54, 1.807) is 0 Å². The first-order valence-electron chi connectivity index (χ1n) is 10.2. The number of amides is 2. The van der Waals surface area contributed by atoms with Crippen LogP contribution in [-0.2, 0) is 6.54 Å². The molecule has 2 saturated heterocycles. The Hall–Kier alpha value is -2.12. The van der Waals surface area contributed by atoms with Gasteiger partial charge in [-0.2, -0.15) is 0 Å². The van der Waals surface area contributed by atoms with Gasteiger partial charge in [0.25, 0.3) is 0 Å². The number of nitrogens with zero attached hydrogens (tertiary/aromatic N) is 4. The van der Waals surface area contributed by atoms with Gasteiger partial charge < -0.3 is 15.1 Å². The van der Waals surface area contributed by atoms with E-state index in [1.807, 2.05) is 40.8 Å². The van der Waals surface area contributed by atoms with E-state index in [4.69, 9.17) is 0 Å². The van der Waals surface area contributed by atoms with E-state index in [2.05, 4.69) is 37.6 Å². The fourth-order valence-electron chi connectivity index (χ4n) is 4.15. The number of rotatable bonds is 5. The number of carbonyl (C=O) groups excluding carboxylic acids is 1. The minimum Gasteiger partial charge on any atom is -0.368 e. The zero-order valence-corrected chi connectivity index (χ0v) is 17.1. The number of likely N-dealkylation sites (tertiary alicyclic amines) is 1. The van der Waals surface area contributed by atoms with E-state index in [0.29, 0.717) is 5.92 Å². The van der Waals surface area contributed by atoms with Gasteiger partial charge in [0, 0.05) is 68.8 Å². The van der Waals surface area contributed by atoms with Gasteiger partial charge >= 0.3 is 6.03 Å². The van der Waals surface area contributed by atoms with Crippen molar-refractivity contribution in [2.75, 3.05) is 50.7 Å². The van der Waals surface area contributed by atoms with Crippen molar-refractivity contribution in [2.45, 2.75) is 19.4 Å². The minimum atomic E-state index is 0.0877. The van der Waals surface area contributed by atoms with Crippen molar-refractivity contribution in [2.24, 2.45) is 5.92 Å². The Morgan fingerprint density at radius 3 is 2.71 bits per heavy atom. The Kier molecular flexibility index (Phi) is 6.44. The molecule has 2 aliphatic heterocycles. The fourth-order valence-corrected chi connectivity index (χ4v) is 4.90. The van der Waals surface area contributed by atoms with Crippen LogP contribution in [0.15, 0.2) is 42.0 Å². The maximum atomic E-state index is 12.6. The molecule has 1 atom stereocenters. The number of carbonyl (C=O) groups is 1. The van der Waals surface area contributed by atoms with E-state index in [-0.39, 0.29) is 6.03 Å². The third-order valence-corrected chi connectivity index (χ3v) is 6.56. The van der Waals surface area contributed by atoms with Gasteiger partial charge in [-0.3, -0.25) is 9.88 Å². The summed E-state index contributed by atoms with van der Waals surface area (Å²) in [6.07, 6.45) is 6.06. The fraction of sp³-hybridized carbons (Fsp3) is 0.524. The number of anilines is 1. The molecule has 2 fully saturated rings. The highest BCUT2D eigenvalue weighted by atomic mass is 32.1. The number of urea groups is 1. The number of nitrogens with one attached hydrogen (secondary N) is 1. The average molecular weight is 400 g/mol. The largest absolute Gasteiger partial charge is 0.368 e. The molecule has 2 aromatic rings. The van der Waals surface area contributed by atoms with Crippen LogP contribution in [0.25, 0.3) is 0 Å². The molecule has 2 amide bonds. The van der Waals surface area contributed by atoms with Gasteiger partial charge in [0.05, 0.1) is 0 Å². The average Bonchev–Trinajstić information content (AvgIpc) is 3.26. The Bertz CT molecular complexity index is 731. The van der Waals surface area contributed by atoms with Crippen LogP contribution in [-0.4, -0.2) is 66.6 Å². The van der Waals surface area contributed by atoms with Crippen molar-refractivity contribution in [3.8, 4) is 0 Å². The number of pyridine rings is 1. The first kappa shape index (κ1) is 19.2. The summed E-state index contributed by atoms with van der Waals surface area (Å²) < 4.78 is 0. The van der Waals surface area contributed by atoms with E-state index in [1.165, 1.54) is 30.0 Å². The number of hydrogen-bond acceptors (Lipinski definition) is 5. The second-order valence-electron chi connectivity index (χ2n) is 7.69. The molecule has 6 nitrogen and oxygen atoms in total. The zero-order valence-electron chi connectivity index (χ0n) is 16.3. The normalized spacial score (nSPS) is 20.9. The van der Waals surface area contributed by atoms with Gasteiger partial charge in [0.15, 0.2) is 0 Å². The predicted octanol–water partition coefficient (Wildman–Crippen LogP) is 2.89. The Morgan fingerprint density at radius 1 is 1.14 bits per heavy atom. The molecule has 7 heteroatoms. The van der Waals surface area contributed by atoms with Crippen molar-refractivity contribution in [3.63, 3.8) is 0 Å². The third kappa shape index (κ3) is 5.02. The van der Waals surface area contributed by atoms with Crippen LogP contribution in [0.2, 0.25) is 0 Å². The summed E-state index contributed by atoms with van der Waals surface area (Å²) >= 11 is 1.83. The lowest BCUT2D eigenvalue weighted by molar-refractivity contribution is 0.160. The van der Waals surface area contributed by atoms with Crippen molar-refractivity contribution < 1.29 is 4.79 Å². The molecule has 0 radical (unpaired) electrons. The molecule has 0 aromatic carbocycles. The second-order valence-corrected chi connectivity index (χ2v) is 8.72. The van der Waals surface area contributed by atoms with Gasteiger partial charge in [-0.05, 0) is 48.9 Å². The standard InChI is InChI=1S/C21H29N5OS/c27-21(26-12-10-25(11-13-26)19-5-7-22-8-6-19)23-15-18-3-1-9-24(16-18)17-20-4-2-14-28-20/h2,4-8,14,18H,1,3,9-13,15-17H2,(H,23,27). The van der Waals surface area contributed by atoms with Gasteiger partial charge in [-0.25, -0.2) is 4.79 Å². The van der Waals surface area contributed by atoms with Crippen LogP contribution in [0, 0.1) is 5.92 Å². The highest BCUT2D eigenvalue weighted by molar-refractivity contribution is 7.09. The van der Waals surface area contributed by atoms with Gasteiger partial charge in [-0.1, -0.05) is 6.07 Å². The highest BCUT2D eigenvalue weighted by Crippen LogP contribution is 2.20. The lowest BCUT2D eigenvalue weighted by Gasteiger charge is -2.37. The first-order chi connectivity index (χ1) is 13.8. The molecule has 0 bridgehead atoms. The molecular formula is C21H29N5OS. The van der Waals surface area contributed by atoms with Crippen LogP contribution >= 0.6 is 11.3 Å². The van der Waals surface area contributed by atoms with Gasteiger partial charge in [0.1, 0.15) is 0 Å². The van der Waals surface area contributed by atoms with E-state index in [0.717, 1.165) is 45.8 Å². The quantitative estimate of drug-likeness (QED) is 0.840. The monoisotopic (exact) mass is 399 g/mol. The zero-order chi connectivity index (χ0) is 19.2. The summed E-state index contributed by atoms with van der Waals surface area (Å²) in [5.74, 6) is 0.552. The molecule has 28 heavy (non-hydrogen) atoms. The van der Waals surface area contributed by atoms with Crippen LogP contribution < -0.4 is 10.2 Å². The summed E-state index contributed by atoms with van der Waals surface area (Å²) in [4.78, 5) is 24.9. The van der Waals surface area contributed by atoms with Crippen LogP contribution in [0.3, 0.4) is 0 Å². The number of hydrogen-bond donors (Lipinski definition) is 1. The molecule has 2 aliphatic rings. The topological polar surface area (TPSA) is 51.7 Å².